The summed E-state index contributed by atoms with van der Waals surface area (Å²) >= 11 is 0. The molecule has 0 atom stereocenters. The van der Waals surface area contributed by atoms with E-state index in [-0.39, 0.29) is 46.6 Å². The summed E-state index contributed by atoms with van der Waals surface area (Å²) in [6.07, 6.45) is 1.62. The summed E-state index contributed by atoms with van der Waals surface area (Å²) < 4.78 is 75.3. The Balaban J connectivity index is 2.50. The van der Waals surface area contributed by atoms with Gasteiger partial charge in [0, 0.05) is 42.3 Å². The number of ketones is 1. The van der Waals surface area contributed by atoms with Gasteiger partial charge in [-0.15, -0.1) is 0 Å². The summed E-state index contributed by atoms with van der Waals surface area (Å²) in [6, 6.07) is 8.66. The summed E-state index contributed by atoms with van der Waals surface area (Å²) in [5.74, 6) is -1.69. The molecule has 0 unspecified atom stereocenters. The van der Waals surface area contributed by atoms with E-state index in [1.807, 2.05) is 0 Å². The minimum absolute atomic E-state index is 0.0150. The molecule has 12 nitrogen and oxygen atoms in total. The Bertz CT molecular complexity index is 1840. The van der Waals surface area contributed by atoms with Gasteiger partial charge in [0.15, 0.2) is 21.3 Å². The van der Waals surface area contributed by atoms with Crippen LogP contribution in [0.25, 0.3) is 27.4 Å². The fourth-order valence-electron chi connectivity index (χ4n) is 4.42. The number of Topliss-reactive ketones (excluding diaryl/α,β-unsaturated/α-hetero) is 1. The number of nitrogens with zero attached hydrogens (tertiary/aromatic N) is 1. The van der Waals surface area contributed by atoms with E-state index in [0.29, 0.717) is 6.42 Å². The molecule has 1 heterocycles. The van der Waals surface area contributed by atoms with Gasteiger partial charge in [0.1, 0.15) is 5.78 Å². The minimum Gasteiger partial charge on any atom is -0.453 e. The number of hydrogen-bond donors (Lipinski definition) is 4. The van der Waals surface area contributed by atoms with Crippen molar-refractivity contribution in [3.05, 3.63) is 77.0 Å². The first kappa shape index (κ1) is 31.4. The van der Waals surface area contributed by atoms with E-state index in [0.717, 1.165) is 12.1 Å². The van der Waals surface area contributed by atoms with Crippen molar-refractivity contribution < 1.29 is 39.9 Å². The number of carbonyl (C=O) groups excluding carboxylic acids is 2. The maximum Gasteiger partial charge on any atom is 0.300 e. The van der Waals surface area contributed by atoms with E-state index in [2.05, 4.69) is 6.58 Å². The van der Waals surface area contributed by atoms with Crippen LogP contribution in [0.2, 0.25) is 0 Å². The summed E-state index contributed by atoms with van der Waals surface area (Å²) in [7, 11) is -8.66. The Kier molecular flexibility index (Phi) is 9.03. The van der Waals surface area contributed by atoms with Crippen LogP contribution in [0.3, 0.4) is 0 Å². The molecule has 0 aromatic heterocycles. The molecule has 0 radical (unpaired) electrons. The zero-order valence-corrected chi connectivity index (χ0v) is 24.1. The molecule has 14 heteroatoms. The van der Waals surface area contributed by atoms with Crippen LogP contribution < -0.4 is 11.1 Å². The monoisotopic (exact) mass is 603 g/mol. The lowest BCUT2D eigenvalue weighted by molar-refractivity contribution is -0.117. The SMILES string of the molecule is C=CC(N)=C(c1oc2c(S(=O)(=O)O)c(=N)ccc-2c(-c2ccccc2C(=O)N(C)CCCC(C)=O)c1C)S(=O)(=O)O. The van der Waals surface area contributed by atoms with Crippen LogP contribution in [0, 0.1) is 12.3 Å². The van der Waals surface area contributed by atoms with E-state index in [1.54, 1.807) is 19.2 Å². The van der Waals surface area contributed by atoms with Gasteiger partial charge in [-0.2, -0.15) is 16.8 Å². The quantitative estimate of drug-likeness (QED) is 0.196. The molecule has 3 rings (SSSR count). The first-order valence-electron chi connectivity index (χ1n) is 12.1. The first-order valence-corrected chi connectivity index (χ1v) is 15.0. The molecule has 0 bridgehead atoms. The Morgan fingerprint density at radius 1 is 1.10 bits per heavy atom. The van der Waals surface area contributed by atoms with E-state index >= 15 is 0 Å². The molecular weight excluding hydrogens is 574 g/mol. The van der Waals surface area contributed by atoms with Gasteiger partial charge in [-0.1, -0.05) is 24.8 Å². The maximum absolute atomic E-state index is 13.5. The van der Waals surface area contributed by atoms with Crippen LogP contribution in [0.4, 0.5) is 0 Å². The third-order valence-corrected chi connectivity index (χ3v) is 8.16. The largest absolute Gasteiger partial charge is 0.453 e. The molecule has 218 valence electrons. The Labute approximate surface area is 237 Å². The fourth-order valence-corrected chi connectivity index (χ4v) is 5.97. The molecule has 0 fully saturated rings. The first-order chi connectivity index (χ1) is 19.0. The van der Waals surface area contributed by atoms with Gasteiger partial charge < -0.3 is 19.8 Å². The van der Waals surface area contributed by atoms with Crippen molar-refractivity contribution in [2.75, 3.05) is 13.6 Å². The zero-order valence-electron chi connectivity index (χ0n) is 22.5. The van der Waals surface area contributed by atoms with Crippen LogP contribution in [-0.4, -0.2) is 56.1 Å². The van der Waals surface area contributed by atoms with E-state index < -0.39 is 58.5 Å². The highest BCUT2D eigenvalue weighted by Crippen LogP contribution is 2.44. The van der Waals surface area contributed by atoms with Crippen LogP contribution in [-0.2, 0) is 25.0 Å². The van der Waals surface area contributed by atoms with Crippen molar-refractivity contribution in [1.29, 1.82) is 5.41 Å². The number of fused-ring (bicyclic) bond motifs is 1. The molecule has 0 spiro atoms. The smallest absolute Gasteiger partial charge is 0.300 e. The third kappa shape index (κ3) is 6.46. The van der Waals surface area contributed by atoms with E-state index in [9.17, 15) is 35.5 Å². The number of nitrogens with one attached hydrogen (secondary N) is 1. The molecule has 5 N–H and O–H groups in total. The Morgan fingerprint density at radius 3 is 2.29 bits per heavy atom. The van der Waals surface area contributed by atoms with Gasteiger partial charge in [-0.25, -0.2) is 0 Å². The van der Waals surface area contributed by atoms with Crippen molar-refractivity contribution in [3.8, 4) is 22.5 Å². The molecule has 1 aromatic carbocycles. The van der Waals surface area contributed by atoms with Crippen molar-refractivity contribution in [2.24, 2.45) is 5.73 Å². The number of carbonyl (C=O) groups is 2. The van der Waals surface area contributed by atoms with Gasteiger partial charge in [-0.3, -0.25) is 19.3 Å². The van der Waals surface area contributed by atoms with Gasteiger partial charge in [0.2, 0.25) is 0 Å². The molecule has 1 amide bonds. The van der Waals surface area contributed by atoms with Gasteiger partial charge in [0.25, 0.3) is 26.1 Å². The summed E-state index contributed by atoms with van der Waals surface area (Å²) in [5, 5.41) is 7.46. The number of rotatable bonds is 10. The highest BCUT2D eigenvalue weighted by molar-refractivity contribution is 7.95. The van der Waals surface area contributed by atoms with Crippen molar-refractivity contribution >= 4 is 36.8 Å². The second-order valence-electron chi connectivity index (χ2n) is 9.27. The lowest BCUT2D eigenvalue weighted by Crippen LogP contribution is -2.28. The number of nitrogens with two attached hydrogens (primary N) is 1. The predicted octanol–water partition coefficient (Wildman–Crippen LogP) is 3.23. The second kappa shape index (κ2) is 11.8. The number of benzene rings is 2. The highest BCUT2D eigenvalue weighted by Gasteiger charge is 2.33. The van der Waals surface area contributed by atoms with Crippen molar-refractivity contribution in [1.82, 2.24) is 4.90 Å². The van der Waals surface area contributed by atoms with E-state index in [1.165, 1.54) is 36.9 Å². The molecule has 1 aromatic rings. The normalized spacial score (nSPS) is 12.6. The standard InChI is InChI=1S/C27H29N3O9S2/c1-5-20(28)25(40(33,34)35)23-16(3)22(19-12-13-21(29)26(24(19)39-23)41(36,37)38)17-10-6-7-11-18(17)27(32)30(4)14-8-9-15(2)31/h5-7,10-13,29H,1,8-9,14,28H2,2-4H3,(H,33,34,35)(H,36,37,38). The number of amides is 1. The van der Waals surface area contributed by atoms with Crippen molar-refractivity contribution in [3.63, 3.8) is 0 Å². The second-order valence-corrected chi connectivity index (χ2v) is 12.0. The van der Waals surface area contributed by atoms with Crippen molar-refractivity contribution in [2.45, 2.75) is 31.6 Å². The van der Waals surface area contributed by atoms with Crippen LogP contribution in [0.1, 0.15) is 41.4 Å². The molecule has 0 saturated carbocycles. The lowest BCUT2D eigenvalue weighted by Gasteiger charge is -2.23. The van der Waals surface area contributed by atoms with E-state index in [4.69, 9.17) is 15.6 Å². The number of hydrogen-bond acceptors (Lipinski definition) is 9. The average Bonchev–Trinajstić information content (AvgIpc) is 2.87. The van der Waals surface area contributed by atoms with Gasteiger partial charge in [-0.05, 0) is 50.1 Å². The van der Waals surface area contributed by atoms with Gasteiger partial charge >= 0.3 is 0 Å². The lowest BCUT2D eigenvalue weighted by atomic mass is 9.89. The van der Waals surface area contributed by atoms with Crippen LogP contribution in [0.15, 0.2) is 64.1 Å². The highest BCUT2D eigenvalue weighted by atomic mass is 32.2. The maximum atomic E-state index is 13.5. The van der Waals surface area contributed by atoms with Gasteiger partial charge in [0.05, 0.1) is 11.1 Å². The zero-order chi connectivity index (χ0) is 30.9. The third-order valence-electron chi connectivity index (χ3n) is 6.30. The molecule has 0 saturated heterocycles. The van der Waals surface area contributed by atoms with Crippen LogP contribution in [0.5, 0.6) is 0 Å². The molecule has 41 heavy (non-hydrogen) atoms. The average molecular weight is 604 g/mol. The Hall–Kier alpha value is -4.11. The minimum atomic E-state index is -5.11. The molecule has 1 aliphatic heterocycles. The summed E-state index contributed by atoms with van der Waals surface area (Å²) in [6.45, 7) is 6.53. The van der Waals surface area contributed by atoms with Crippen LogP contribution >= 0.6 is 0 Å². The fraction of sp³-hybridized carbons (Fsp3) is 0.222. The molecule has 1 aliphatic carbocycles. The summed E-state index contributed by atoms with van der Waals surface area (Å²) in [5.41, 5.74) is 5.84. The number of allylic oxidation sites excluding steroid dienone is 1. The molecule has 2 aliphatic rings. The summed E-state index contributed by atoms with van der Waals surface area (Å²) in [4.78, 5) is 24.4. The topological polar surface area (TPSA) is 209 Å². The Morgan fingerprint density at radius 2 is 1.73 bits per heavy atom. The predicted molar refractivity (Wildman–Crippen MR) is 151 cm³/mol. The molecular formula is C27H29N3O9S2.